The van der Waals surface area contributed by atoms with Gasteiger partial charge in [0, 0.05) is 36.9 Å². The zero-order valence-corrected chi connectivity index (χ0v) is 25.2. The van der Waals surface area contributed by atoms with Crippen LogP contribution in [0.5, 0.6) is 5.75 Å². The number of aryl methyl sites for hydroxylation is 1. The number of hydrogen-bond acceptors (Lipinski definition) is 7. The summed E-state index contributed by atoms with van der Waals surface area (Å²) in [5.74, 6) is -0.493. The van der Waals surface area contributed by atoms with Crippen molar-refractivity contribution in [3.8, 4) is 5.75 Å². The van der Waals surface area contributed by atoms with Crippen LogP contribution in [0.15, 0.2) is 83.7 Å². The summed E-state index contributed by atoms with van der Waals surface area (Å²) >= 11 is 1.41. The zero-order chi connectivity index (χ0) is 30.6. The first kappa shape index (κ1) is 31.4. The van der Waals surface area contributed by atoms with Gasteiger partial charge < -0.3 is 26.4 Å². The Hall–Kier alpha value is -4.54. The standard InChI is InChI=1S/C33H37N5O4S/c1-3-42-28-14-10-23(11-15-28)16-29(37-31(39)26-12-4-22(2)5-13-26)33(41)38-30(17-27-20-43-21-36-27)32(40)35-19-25-8-6-24(18-34)7-9-25/h4-15,20-21,29-30H,3,16-19,34H2,1-2H3,(H,35,40)(H,37,39)(H,38,41)/t29-,30+/m1/s1. The maximum absolute atomic E-state index is 13.8. The van der Waals surface area contributed by atoms with Crippen molar-refractivity contribution >= 4 is 29.1 Å². The number of carbonyl (C=O) groups excluding carboxylic acids is 3. The first-order valence-corrected chi connectivity index (χ1v) is 15.1. The molecule has 2 atom stereocenters. The van der Waals surface area contributed by atoms with Crippen LogP contribution in [0.3, 0.4) is 0 Å². The van der Waals surface area contributed by atoms with Gasteiger partial charge in [0.05, 0.1) is 17.8 Å². The van der Waals surface area contributed by atoms with Gasteiger partial charge in [-0.15, -0.1) is 11.3 Å². The summed E-state index contributed by atoms with van der Waals surface area (Å²) in [6.45, 7) is 5.11. The summed E-state index contributed by atoms with van der Waals surface area (Å²) in [5, 5.41) is 10.5. The van der Waals surface area contributed by atoms with Crippen LogP contribution < -0.4 is 26.4 Å². The van der Waals surface area contributed by atoms with E-state index in [1.807, 2.05) is 79.9 Å². The summed E-state index contributed by atoms with van der Waals surface area (Å²) in [5.41, 5.74) is 12.2. The summed E-state index contributed by atoms with van der Waals surface area (Å²) < 4.78 is 5.54. The Bertz CT molecular complexity index is 1470. The van der Waals surface area contributed by atoms with E-state index >= 15 is 0 Å². The Balaban J connectivity index is 1.52. The highest BCUT2D eigenvalue weighted by atomic mass is 32.1. The van der Waals surface area contributed by atoms with Gasteiger partial charge in [0.15, 0.2) is 0 Å². The largest absolute Gasteiger partial charge is 0.494 e. The molecule has 224 valence electrons. The summed E-state index contributed by atoms with van der Waals surface area (Å²) in [4.78, 5) is 44.6. The van der Waals surface area contributed by atoms with Crippen molar-refractivity contribution in [1.82, 2.24) is 20.9 Å². The lowest BCUT2D eigenvalue weighted by atomic mass is 10.0. The van der Waals surface area contributed by atoms with E-state index in [2.05, 4.69) is 20.9 Å². The Morgan fingerprint density at radius 3 is 2.12 bits per heavy atom. The lowest BCUT2D eigenvalue weighted by Crippen LogP contribution is -2.55. The number of hydrogen-bond donors (Lipinski definition) is 4. The van der Waals surface area contributed by atoms with Crippen molar-refractivity contribution in [2.24, 2.45) is 5.73 Å². The molecule has 1 aromatic heterocycles. The van der Waals surface area contributed by atoms with Crippen molar-refractivity contribution in [3.63, 3.8) is 0 Å². The minimum atomic E-state index is -0.943. The number of benzene rings is 3. The van der Waals surface area contributed by atoms with Crippen LogP contribution in [0.4, 0.5) is 0 Å². The van der Waals surface area contributed by atoms with Gasteiger partial charge in [-0.05, 0) is 54.8 Å². The fraction of sp³-hybridized carbons (Fsp3) is 0.273. The number of amides is 3. The van der Waals surface area contributed by atoms with Gasteiger partial charge in [-0.1, -0.05) is 54.1 Å². The second-order valence-corrected chi connectivity index (χ2v) is 10.9. The molecule has 0 spiro atoms. The molecule has 5 N–H and O–H groups in total. The van der Waals surface area contributed by atoms with Gasteiger partial charge in [-0.25, -0.2) is 4.98 Å². The molecule has 9 nitrogen and oxygen atoms in total. The van der Waals surface area contributed by atoms with Crippen LogP contribution in [0, 0.1) is 6.92 Å². The Labute approximate surface area is 255 Å². The van der Waals surface area contributed by atoms with Crippen LogP contribution in [0.2, 0.25) is 0 Å². The average molecular weight is 600 g/mol. The predicted octanol–water partition coefficient (Wildman–Crippen LogP) is 3.69. The van der Waals surface area contributed by atoms with Gasteiger partial charge in [0.25, 0.3) is 5.91 Å². The zero-order valence-electron chi connectivity index (χ0n) is 24.3. The summed E-state index contributed by atoms with van der Waals surface area (Å²) in [7, 11) is 0. The average Bonchev–Trinajstić information content (AvgIpc) is 3.54. The molecule has 3 aromatic carbocycles. The van der Waals surface area contributed by atoms with Gasteiger partial charge in [-0.3, -0.25) is 14.4 Å². The molecule has 10 heteroatoms. The molecular formula is C33H37N5O4S. The fourth-order valence-corrected chi connectivity index (χ4v) is 4.99. The van der Waals surface area contributed by atoms with Crippen LogP contribution in [-0.4, -0.2) is 41.4 Å². The molecule has 4 aromatic rings. The molecule has 0 aliphatic heterocycles. The van der Waals surface area contributed by atoms with E-state index in [0.717, 1.165) is 22.3 Å². The highest BCUT2D eigenvalue weighted by molar-refractivity contribution is 7.07. The predicted molar refractivity (Wildman–Crippen MR) is 168 cm³/mol. The Morgan fingerprint density at radius 1 is 0.837 bits per heavy atom. The van der Waals surface area contributed by atoms with E-state index in [0.29, 0.717) is 30.2 Å². The van der Waals surface area contributed by atoms with Crippen molar-refractivity contribution in [1.29, 1.82) is 0 Å². The van der Waals surface area contributed by atoms with Crippen molar-refractivity contribution in [3.05, 3.63) is 117 Å². The molecule has 1 heterocycles. The van der Waals surface area contributed by atoms with E-state index in [4.69, 9.17) is 10.5 Å². The third kappa shape index (κ3) is 9.49. The van der Waals surface area contributed by atoms with Crippen LogP contribution >= 0.6 is 11.3 Å². The first-order chi connectivity index (χ1) is 20.8. The van der Waals surface area contributed by atoms with E-state index in [1.54, 1.807) is 17.6 Å². The second kappa shape index (κ2) is 15.6. The minimum absolute atomic E-state index is 0.203. The summed E-state index contributed by atoms with van der Waals surface area (Å²) in [6.07, 6.45) is 0.420. The molecule has 0 radical (unpaired) electrons. The topological polar surface area (TPSA) is 135 Å². The van der Waals surface area contributed by atoms with Crippen molar-refractivity contribution in [2.45, 2.75) is 51.9 Å². The second-order valence-electron chi connectivity index (χ2n) is 10.2. The normalized spacial score (nSPS) is 12.2. The third-order valence-electron chi connectivity index (χ3n) is 6.86. The number of nitrogens with two attached hydrogens (primary N) is 1. The van der Waals surface area contributed by atoms with Gasteiger partial charge >= 0.3 is 0 Å². The minimum Gasteiger partial charge on any atom is -0.494 e. The van der Waals surface area contributed by atoms with E-state index < -0.39 is 18.0 Å². The van der Waals surface area contributed by atoms with E-state index in [-0.39, 0.29) is 31.2 Å². The third-order valence-corrected chi connectivity index (χ3v) is 7.50. The summed E-state index contributed by atoms with van der Waals surface area (Å²) in [6, 6.07) is 20.3. The van der Waals surface area contributed by atoms with Gasteiger partial charge in [0.1, 0.15) is 17.8 Å². The molecule has 0 bridgehead atoms. The number of nitrogens with one attached hydrogen (secondary N) is 3. The molecule has 0 saturated heterocycles. The molecule has 43 heavy (non-hydrogen) atoms. The lowest BCUT2D eigenvalue weighted by Gasteiger charge is -2.23. The van der Waals surface area contributed by atoms with Crippen molar-refractivity contribution in [2.75, 3.05) is 6.61 Å². The highest BCUT2D eigenvalue weighted by Gasteiger charge is 2.28. The quantitative estimate of drug-likeness (QED) is 0.175. The first-order valence-electron chi connectivity index (χ1n) is 14.2. The van der Waals surface area contributed by atoms with Crippen LogP contribution in [0.1, 0.15) is 45.2 Å². The Kier molecular flexibility index (Phi) is 11.4. The molecule has 4 rings (SSSR count). The maximum Gasteiger partial charge on any atom is 0.251 e. The number of thiazole rings is 1. The highest BCUT2D eigenvalue weighted by Crippen LogP contribution is 2.15. The number of aromatic nitrogens is 1. The lowest BCUT2D eigenvalue weighted by molar-refractivity contribution is -0.130. The molecule has 0 saturated carbocycles. The molecule has 0 fully saturated rings. The number of ether oxygens (including phenoxy) is 1. The van der Waals surface area contributed by atoms with Crippen LogP contribution in [-0.2, 0) is 35.5 Å². The molecular weight excluding hydrogens is 562 g/mol. The van der Waals surface area contributed by atoms with Crippen molar-refractivity contribution < 1.29 is 19.1 Å². The number of carbonyl (C=O) groups is 3. The monoisotopic (exact) mass is 599 g/mol. The Morgan fingerprint density at radius 2 is 1.49 bits per heavy atom. The maximum atomic E-state index is 13.8. The van der Waals surface area contributed by atoms with Gasteiger partial charge in [-0.2, -0.15) is 0 Å². The smallest absolute Gasteiger partial charge is 0.251 e. The van der Waals surface area contributed by atoms with E-state index in [1.165, 1.54) is 11.3 Å². The fourth-order valence-electron chi connectivity index (χ4n) is 4.41. The van der Waals surface area contributed by atoms with Crippen LogP contribution in [0.25, 0.3) is 0 Å². The molecule has 0 aliphatic carbocycles. The van der Waals surface area contributed by atoms with E-state index in [9.17, 15) is 14.4 Å². The molecule has 3 amide bonds. The number of nitrogens with zero attached hydrogens (tertiary/aromatic N) is 1. The molecule has 0 unspecified atom stereocenters. The SMILES string of the molecule is CCOc1ccc(C[C@@H](NC(=O)c2ccc(C)cc2)C(=O)N[C@@H](Cc2cscn2)C(=O)NCc2ccc(CN)cc2)cc1. The number of rotatable bonds is 14. The molecule has 0 aliphatic rings. The van der Waals surface area contributed by atoms with Gasteiger partial charge in [0.2, 0.25) is 11.8 Å².